The third-order valence-electron chi connectivity index (χ3n) is 4.17. The number of pyridine rings is 1. The van der Waals surface area contributed by atoms with Gasteiger partial charge in [-0.05, 0) is 61.3 Å². The first kappa shape index (κ1) is 21.6. The Morgan fingerprint density at radius 2 is 1.96 bits per heavy atom. The highest BCUT2D eigenvalue weighted by atomic mass is 32.2. The van der Waals surface area contributed by atoms with Crippen molar-refractivity contribution in [1.82, 2.24) is 4.98 Å². The van der Waals surface area contributed by atoms with Crippen molar-refractivity contribution in [3.05, 3.63) is 94.4 Å². The smallest absolute Gasteiger partial charge is 0.126 e. The summed E-state index contributed by atoms with van der Waals surface area (Å²) in [4.78, 5) is 10.2. The molecule has 2 N–H and O–H groups in total. The molecule has 0 saturated heterocycles. The Kier molecular flexibility index (Phi) is 8.69. The molecule has 1 aromatic heterocycles. The zero-order chi connectivity index (χ0) is 20.4. The molecule has 3 nitrogen and oxygen atoms in total. The van der Waals surface area contributed by atoms with Gasteiger partial charge >= 0.3 is 0 Å². The lowest BCUT2D eigenvalue weighted by Crippen LogP contribution is -2.08. The molecule has 2 rings (SSSR count). The van der Waals surface area contributed by atoms with Crippen LogP contribution in [0.25, 0.3) is 5.70 Å². The van der Waals surface area contributed by atoms with Crippen LogP contribution in [0.2, 0.25) is 0 Å². The van der Waals surface area contributed by atoms with Crippen LogP contribution in [0.3, 0.4) is 0 Å². The first-order valence-electron chi connectivity index (χ1n) is 9.11. The molecule has 0 radical (unpaired) electrons. The molecule has 0 fully saturated rings. The molecule has 5 heteroatoms. The van der Waals surface area contributed by atoms with Crippen molar-refractivity contribution < 1.29 is 4.39 Å². The summed E-state index contributed by atoms with van der Waals surface area (Å²) >= 11 is 1.66. The van der Waals surface area contributed by atoms with E-state index in [0.29, 0.717) is 29.9 Å². The third-order valence-corrected chi connectivity index (χ3v) is 5.00. The number of aliphatic imine (C=N–C) groups is 1. The number of thioether (sulfide) groups is 1. The normalized spacial score (nSPS) is 13.7. The number of halogens is 1. The zero-order valence-corrected chi connectivity index (χ0v) is 17.3. The molecule has 1 heterocycles. The van der Waals surface area contributed by atoms with Crippen molar-refractivity contribution in [2.45, 2.75) is 20.3 Å². The summed E-state index contributed by atoms with van der Waals surface area (Å²) in [7, 11) is 0. The van der Waals surface area contributed by atoms with Gasteiger partial charge in [-0.15, -0.1) is 11.8 Å². The average Bonchev–Trinajstić information content (AvgIpc) is 2.72. The van der Waals surface area contributed by atoms with E-state index in [4.69, 9.17) is 10.7 Å². The molecular weight excluding hydrogens is 369 g/mol. The van der Waals surface area contributed by atoms with E-state index in [-0.39, 0.29) is 5.82 Å². The Bertz CT molecular complexity index is 899. The quantitative estimate of drug-likeness (QED) is 0.480. The van der Waals surface area contributed by atoms with Crippen molar-refractivity contribution in [3.63, 3.8) is 0 Å². The second-order valence-electron chi connectivity index (χ2n) is 6.10. The average molecular weight is 396 g/mol. The Hall–Kier alpha value is -2.66. The summed E-state index contributed by atoms with van der Waals surface area (Å²) in [5.74, 6) is -0.202. The number of nitrogens with two attached hydrogens (primary N) is 1. The maximum Gasteiger partial charge on any atom is 0.126 e. The molecule has 0 unspecified atom stereocenters. The lowest BCUT2D eigenvalue weighted by Gasteiger charge is -2.10. The molecule has 0 amide bonds. The summed E-state index contributed by atoms with van der Waals surface area (Å²) in [6.45, 7) is 4.48. The highest BCUT2D eigenvalue weighted by Gasteiger charge is 2.09. The maximum atomic E-state index is 13.9. The van der Waals surface area contributed by atoms with Gasteiger partial charge in [0, 0.05) is 18.3 Å². The van der Waals surface area contributed by atoms with Gasteiger partial charge in [-0.1, -0.05) is 36.4 Å². The fourth-order valence-electron chi connectivity index (χ4n) is 2.62. The van der Waals surface area contributed by atoms with Gasteiger partial charge in [0.05, 0.1) is 17.1 Å². The highest BCUT2D eigenvalue weighted by molar-refractivity contribution is 8.02. The van der Waals surface area contributed by atoms with E-state index in [1.54, 1.807) is 30.1 Å². The number of allylic oxidation sites excluding steroid dienone is 5. The molecular formula is C23H26FN3S. The van der Waals surface area contributed by atoms with Crippen LogP contribution >= 0.6 is 11.8 Å². The van der Waals surface area contributed by atoms with E-state index in [2.05, 4.69) is 11.9 Å². The minimum atomic E-state index is -0.202. The largest absolute Gasteiger partial charge is 0.397 e. The van der Waals surface area contributed by atoms with E-state index in [1.165, 1.54) is 6.07 Å². The van der Waals surface area contributed by atoms with Crippen molar-refractivity contribution >= 4 is 23.2 Å². The number of hydrogen-bond acceptors (Lipinski definition) is 4. The second-order valence-corrected chi connectivity index (χ2v) is 7.12. The molecule has 146 valence electrons. The van der Waals surface area contributed by atoms with Crippen molar-refractivity contribution in [2.75, 3.05) is 12.8 Å². The molecule has 1 aromatic carbocycles. The Morgan fingerprint density at radius 3 is 2.61 bits per heavy atom. The predicted molar refractivity (Wildman–Crippen MR) is 120 cm³/mol. The molecule has 28 heavy (non-hydrogen) atoms. The predicted octanol–water partition coefficient (Wildman–Crippen LogP) is 5.42. The Balaban J connectivity index is 2.39. The fourth-order valence-corrected chi connectivity index (χ4v) is 3.01. The van der Waals surface area contributed by atoms with Crippen LogP contribution in [-0.4, -0.2) is 23.5 Å². The molecule has 0 aliphatic carbocycles. The van der Waals surface area contributed by atoms with Crippen LogP contribution in [-0.2, 0) is 6.42 Å². The molecule has 0 aliphatic rings. The number of hydrogen-bond donors (Lipinski definition) is 1. The van der Waals surface area contributed by atoms with Crippen LogP contribution in [0, 0.1) is 5.82 Å². The minimum Gasteiger partial charge on any atom is -0.397 e. The first-order chi connectivity index (χ1) is 13.6. The van der Waals surface area contributed by atoms with Crippen molar-refractivity contribution in [3.8, 4) is 0 Å². The summed E-state index contributed by atoms with van der Waals surface area (Å²) < 4.78 is 13.9. The van der Waals surface area contributed by atoms with Crippen molar-refractivity contribution in [1.29, 1.82) is 0 Å². The molecule has 0 bridgehead atoms. The fraction of sp³-hybridized carbons (Fsp3) is 0.217. The van der Waals surface area contributed by atoms with Crippen molar-refractivity contribution in [2.24, 2.45) is 10.7 Å². The standard InChI is InChI=1S/C23H26FN3S/c1-4-9-19(17(2)28-3)23(16-21(25)22-12-7-8-14-26-22)27-15-13-18-10-5-6-11-20(18)24/h4-12,14,16H,13,15,25H2,1-3H3/b9-4+,19-17+,21-16?,27-23?. The van der Waals surface area contributed by atoms with Gasteiger partial charge in [0.15, 0.2) is 0 Å². The van der Waals surface area contributed by atoms with Gasteiger partial charge in [0.25, 0.3) is 0 Å². The molecule has 0 atom stereocenters. The molecule has 0 aliphatic heterocycles. The van der Waals surface area contributed by atoms with Crippen LogP contribution in [0.5, 0.6) is 0 Å². The van der Waals surface area contributed by atoms with Gasteiger partial charge in [-0.2, -0.15) is 0 Å². The van der Waals surface area contributed by atoms with Crippen LogP contribution in [0.15, 0.2) is 82.4 Å². The van der Waals surface area contributed by atoms with E-state index >= 15 is 0 Å². The topological polar surface area (TPSA) is 51.3 Å². The Morgan fingerprint density at radius 1 is 1.21 bits per heavy atom. The molecule has 0 spiro atoms. The van der Waals surface area contributed by atoms with Gasteiger partial charge in [-0.25, -0.2) is 4.39 Å². The third kappa shape index (κ3) is 6.20. The minimum absolute atomic E-state index is 0.202. The van der Waals surface area contributed by atoms with Crippen LogP contribution in [0.1, 0.15) is 25.1 Å². The number of benzene rings is 1. The number of aromatic nitrogens is 1. The summed E-state index contributed by atoms with van der Waals surface area (Å²) in [5, 5.41) is 0. The number of nitrogens with zero attached hydrogens (tertiary/aromatic N) is 2. The number of rotatable bonds is 8. The summed E-state index contributed by atoms with van der Waals surface area (Å²) in [6, 6.07) is 12.4. The lowest BCUT2D eigenvalue weighted by atomic mass is 10.1. The van der Waals surface area contributed by atoms with E-state index in [0.717, 1.165) is 16.2 Å². The van der Waals surface area contributed by atoms with Gasteiger partial charge in [0.1, 0.15) is 5.82 Å². The monoisotopic (exact) mass is 395 g/mol. The van der Waals surface area contributed by atoms with Crippen LogP contribution in [0.4, 0.5) is 4.39 Å². The summed E-state index contributed by atoms with van der Waals surface area (Å²) in [5.41, 5.74) is 9.95. The van der Waals surface area contributed by atoms with Gasteiger partial charge in [-0.3, -0.25) is 9.98 Å². The second kappa shape index (κ2) is 11.2. The SMILES string of the molecule is C/C=C/C(C(C=C(N)c1ccccn1)=NCCc1ccccc1F)=C(/C)SC. The molecule has 2 aromatic rings. The lowest BCUT2D eigenvalue weighted by molar-refractivity contribution is 0.609. The van der Waals surface area contributed by atoms with Gasteiger partial charge in [0.2, 0.25) is 0 Å². The first-order valence-corrected chi connectivity index (χ1v) is 10.3. The van der Waals surface area contributed by atoms with E-state index in [1.807, 2.05) is 55.7 Å². The van der Waals surface area contributed by atoms with Gasteiger partial charge < -0.3 is 5.73 Å². The maximum absolute atomic E-state index is 13.9. The van der Waals surface area contributed by atoms with E-state index < -0.39 is 0 Å². The van der Waals surface area contributed by atoms with E-state index in [9.17, 15) is 4.39 Å². The zero-order valence-electron chi connectivity index (χ0n) is 16.5. The van der Waals surface area contributed by atoms with Crippen LogP contribution < -0.4 is 5.73 Å². The summed E-state index contributed by atoms with van der Waals surface area (Å²) in [6.07, 6.45) is 10.1. The highest BCUT2D eigenvalue weighted by Crippen LogP contribution is 2.21. The molecule has 0 saturated carbocycles. The Labute approximate surface area is 171 Å².